The average Bonchev–Trinajstić information content (AvgIpc) is 2.99. The number of benzene rings is 1. The van der Waals surface area contributed by atoms with Gasteiger partial charge in [-0.25, -0.2) is 14.0 Å². The van der Waals surface area contributed by atoms with Crippen molar-refractivity contribution in [3.63, 3.8) is 0 Å². The number of thiophene rings is 1. The van der Waals surface area contributed by atoms with Crippen LogP contribution in [0.1, 0.15) is 24.2 Å². The maximum atomic E-state index is 13.1. The number of rotatable bonds is 5. The van der Waals surface area contributed by atoms with Crippen molar-refractivity contribution >= 4 is 28.3 Å². The van der Waals surface area contributed by atoms with Gasteiger partial charge in [-0.15, -0.1) is 11.3 Å². The smallest absolute Gasteiger partial charge is 0.340 e. The van der Waals surface area contributed by atoms with Gasteiger partial charge in [0.2, 0.25) is 0 Å². The molecule has 1 heterocycles. The number of halogens is 1. The van der Waals surface area contributed by atoms with Gasteiger partial charge in [0.25, 0.3) is 0 Å². The lowest BCUT2D eigenvalue weighted by Gasteiger charge is -2.18. The van der Waals surface area contributed by atoms with Crippen LogP contribution in [0.25, 0.3) is 10.4 Å². The lowest BCUT2D eigenvalue weighted by molar-refractivity contribution is 0.0602. The summed E-state index contributed by atoms with van der Waals surface area (Å²) in [6, 6.07) is 7.30. The first-order valence-electron chi connectivity index (χ1n) is 7.54. The normalized spacial score (nSPS) is 10.3. The average molecular weight is 350 g/mol. The lowest BCUT2D eigenvalue weighted by atomic mass is 10.1. The zero-order chi connectivity index (χ0) is 17.7. The molecule has 2 amide bonds. The van der Waals surface area contributed by atoms with E-state index >= 15 is 0 Å². The second-order valence-electron chi connectivity index (χ2n) is 4.95. The second kappa shape index (κ2) is 7.92. The van der Waals surface area contributed by atoms with Crippen LogP contribution in [0.15, 0.2) is 30.3 Å². The van der Waals surface area contributed by atoms with Crippen molar-refractivity contribution < 1.29 is 18.7 Å². The number of carbonyl (C=O) groups excluding carboxylic acids is 2. The molecule has 24 heavy (non-hydrogen) atoms. The Bertz CT molecular complexity index is 724. The molecular formula is C17H19FN2O3S. The minimum atomic E-state index is -0.533. The third-order valence-electron chi connectivity index (χ3n) is 3.54. The van der Waals surface area contributed by atoms with E-state index in [4.69, 9.17) is 4.74 Å². The van der Waals surface area contributed by atoms with Gasteiger partial charge < -0.3 is 9.64 Å². The summed E-state index contributed by atoms with van der Waals surface area (Å²) >= 11 is 1.25. The molecule has 0 bridgehead atoms. The van der Waals surface area contributed by atoms with Crippen molar-refractivity contribution in [2.75, 3.05) is 25.5 Å². The van der Waals surface area contributed by atoms with Crippen LogP contribution in [0, 0.1) is 5.82 Å². The molecule has 5 nitrogen and oxygen atoms in total. The van der Waals surface area contributed by atoms with Crippen LogP contribution >= 0.6 is 11.3 Å². The highest BCUT2D eigenvalue weighted by Gasteiger charge is 2.20. The first-order valence-corrected chi connectivity index (χ1v) is 8.35. The highest BCUT2D eigenvalue weighted by Crippen LogP contribution is 2.36. The number of amides is 2. The van der Waals surface area contributed by atoms with E-state index in [-0.39, 0.29) is 17.4 Å². The van der Waals surface area contributed by atoms with E-state index < -0.39 is 5.97 Å². The Kier molecular flexibility index (Phi) is 5.92. The summed E-state index contributed by atoms with van der Waals surface area (Å²) in [6.45, 7) is 4.88. The lowest BCUT2D eigenvalue weighted by Crippen LogP contribution is -2.34. The maximum absolute atomic E-state index is 13.1. The standard InChI is InChI=1S/C17H19FN2O3S/c1-4-20(5-2)17(22)19-15-13(16(21)23-3)10-14(24-15)11-6-8-12(18)9-7-11/h6-10H,4-5H2,1-3H3,(H,19,22). The summed E-state index contributed by atoms with van der Waals surface area (Å²) in [4.78, 5) is 26.6. The molecule has 0 saturated carbocycles. The van der Waals surface area contributed by atoms with Gasteiger partial charge in [0, 0.05) is 18.0 Å². The summed E-state index contributed by atoms with van der Waals surface area (Å²) < 4.78 is 17.9. The SMILES string of the molecule is CCN(CC)C(=O)Nc1sc(-c2ccc(F)cc2)cc1C(=O)OC. The third-order valence-corrected chi connectivity index (χ3v) is 4.64. The predicted octanol–water partition coefficient (Wildman–Crippen LogP) is 4.21. The molecular weight excluding hydrogens is 331 g/mol. The largest absolute Gasteiger partial charge is 0.465 e. The molecule has 0 aliphatic heterocycles. The van der Waals surface area contributed by atoms with Crippen molar-refractivity contribution in [3.8, 4) is 10.4 Å². The summed E-state index contributed by atoms with van der Waals surface area (Å²) in [7, 11) is 1.29. The van der Waals surface area contributed by atoms with Crippen molar-refractivity contribution in [2.24, 2.45) is 0 Å². The van der Waals surface area contributed by atoms with E-state index in [2.05, 4.69) is 5.32 Å². The molecule has 0 aliphatic carbocycles. The van der Waals surface area contributed by atoms with Crippen LogP contribution in [0.2, 0.25) is 0 Å². The summed E-state index contributed by atoms with van der Waals surface area (Å²) in [5.74, 6) is -0.868. The highest BCUT2D eigenvalue weighted by molar-refractivity contribution is 7.20. The van der Waals surface area contributed by atoms with Crippen LogP contribution < -0.4 is 5.32 Å². The predicted molar refractivity (Wildman–Crippen MR) is 93.0 cm³/mol. The monoisotopic (exact) mass is 350 g/mol. The molecule has 0 atom stereocenters. The second-order valence-corrected chi connectivity index (χ2v) is 6.01. The van der Waals surface area contributed by atoms with Gasteiger partial charge in [-0.1, -0.05) is 12.1 Å². The van der Waals surface area contributed by atoms with E-state index in [1.54, 1.807) is 23.1 Å². The number of nitrogens with one attached hydrogen (secondary N) is 1. The van der Waals surface area contributed by atoms with E-state index in [0.717, 1.165) is 10.4 Å². The Labute approximate surface area is 144 Å². The Hall–Kier alpha value is -2.41. The summed E-state index contributed by atoms with van der Waals surface area (Å²) in [5, 5.41) is 3.17. The number of urea groups is 1. The van der Waals surface area contributed by atoms with Crippen molar-refractivity contribution in [2.45, 2.75) is 13.8 Å². The number of anilines is 1. The van der Waals surface area contributed by atoms with Gasteiger partial charge in [0.05, 0.1) is 12.7 Å². The number of ether oxygens (including phenoxy) is 1. The Morgan fingerprint density at radius 1 is 1.21 bits per heavy atom. The molecule has 0 spiro atoms. The molecule has 0 radical (unpaired) electrons. The number of carbonyl (C=O) groups is 2. The van der Waals surface area contributed by atoms with Crippen molar-refractivity contribution in [1.29, 1.82) is 0 Å². The van der Waals surface area contributed by atoms with E-state index in [1.165, 1.54) is 30.6 Å². The minimum absolute atomic E-state index is 0.280. The van der Waals surface area contributed by atoms with Gasteiger partial charge >= 0.3 is 12.0 Å². The van der Waals surface area contributed by atoms with Crippen LogP contribution in [0.3, 0.4) is 0 Å². The fraction of sp³-hybridized carbons (Fsp3) is 0.294. The molecule has 0 fully saturated rings. The molecule has 1 aromatic carbocycles. The Balaban J connectivity index is 2.37. The number of hydrogen-bond acceptors (Lipinski definition) is 4. The van der Waals surface area contributed by atoms with Crippen LogP contribution in [0.4, 0.5) is 14.2 Å². The third kappa shape index (κ3) is 3.91. The zero-order valence-electron chi connectivity index (χ0n) is 13.8. The molecule has 128 valence electrons. The molecule has 7 heteroatoms. The topological polar surface area (TPSA) is 58.6 Å². The van der Waals surface area contributed by atoms with Crippen molar-refractivity contribution in [1.82, 2.24) is 4.90 Å². The van der Waals surface area contributed by atoms with Crippen LogP contribution in [-0.2, 0) is 4.74 Å². The molecule has 0 saturated heterocycles. The number of esters is 1. The fourth-order valence-electron chi connectivity index (χ4n) is 2.19. The van der Waals surface area contributed by atoms with Gasteiger partial charge in [-0.2, -0.15) is 0 Å². The van der Waals surface area contributed by atoms with Gasteiger partial charge in [0.1, 0.15) is 10.8 Å². The molecule has 1 aromatic heterocycles. The maximum Gasteiger partial charge on any atom is 0.340 e. The van der Waals surface area contributed by atoms with Gasteiger partial charge in [0.15, 0.2) is 0 Å². The molecule has 2 rings (SSSR count). The Morgan fingerprint density at radius 3 is 2.38 bits per heavy atom. The summed E-state index contributed by atoms with van der Waals surface area (Å²) in [6.07, 6.45) is 0. The number of methoxy groups -OCH3 is 1. The first kappa shape index (κ1) is 17.9. The first-order chi connectivity index (χ1) is 11.5. The highest BCUT2D eigenvalue weighted by atomic mass is 32.1. The molecule has 2 aromatic rings. The van der Waals surface area contributed by atoms with Crippen molar-refractivity contribution in [3.05, 3.63) is 41.7 Å². The number of hydrogen-bond donors (Lipinski definition) is 1. The van der Waals surface area contributed by atoms with Crippen LogP contribution in [-0.4, -0.2) is 37.1 Å². The molecule has 0 unspecified atom stereocenters. The van der Waals surface area contributed by atoms with Gasteiger partial charge in [-0.3, -0.25) is 5.32 Å². The quantitative estimate of drug-likeness (QED) is 0.822. The van der Waals surface area contributed by atoms with E-state index in [9.17, 15) is 14.0 Å². The fourth-order valence-corrected chi connectivity index (χ4v) is 3.23. The molecule has 1 N–H and O–H groups in total. The van der Waals surface area contributed by atoms with Gasteiger partial charge in [-0.05, 0) is 37.6 Å². The Morgan fingerprint density at radius 2 is 1.83 bits per heavy atom. The zero-order valence-corrected chi connectivity index (χ0v) is 14.6. The minimum Gasteiger partial charge on any atom is -0.465 e. The van der Waals surface area contributed by atoms with E-state index in [1.807, 2.05) is 13.8 Å². The molecule has 0 aliphatic rings. The van der Waals surface area contributed by atoms with Crippen LogP contribution in [0.5, 0.6) is 0 Å². The van der Waals surface area contributed by atoms with E-state index in [0.29, 0.717) is 18.1 Å². The number of nitrogens with zero attached hydrogens (tertiary/aromatic N) is 1. The summed E-state index contributed by atoms with van der Waals surface area (Å²) in [5.41, 5.74) is 1.04.